The van der Waals surface area contributed by atoms with Crippen LogP contribution in [0.15, 0.2) is 30.5 Å². The molecule has 1 aromatic heterocycles. The number of anilines is 1. The molecule has 0 unspecified atom stereocenters. The zero-order valence-electron chi connectivity index (χ0n) is 12.5. The number of hydrogen-bond acceptors (Lipinski definition) is 4. The van der Waals surface area contributed by atoms with Crippen molar-refractivity contribution in [1.82, 2.24) is 4.98 Å². The summed E-state index contributed by atoms with van der Waals surface area (Å²) in [5.74, 6) is -1.90. The summed E-state index contributed by atoms with van der Waals surface area (Å²) in [5.41, 5.74) is -1.39. The Labute approximate surface area is 160 Å². The van der Waals surface area contributed by atoms with Crippen LogP contribution < -0.4 is 5.32 Å². The van der Waals surface area contributed by atoms with Crippen LogP contribution in [0.2, 0.25) is 15.1 Å². The van der Waals surface area contributed by atoms with Gasteiger partial charge in [-0.25, -0.2) is 9.78 Å². The standard InChI is InChI=1S/C15H8Cl3F3N2O3/c16-9-5-22-13(12(18)11(9)17)14(25)26-6-10(24)23-8-3-1-2-7(4-8)15(19,20)21/h1-5H,6H2,(H,23,24). The fourth-order valence-corrected chi connectivity index (χ4v) is 2.31. The first-order valence-electron chi connectivity index (χ1n) is 6.73. The number of alkyl halides is 3. The molecule has 26 heavy (non-hydrogen) atoms. The number of carbonyl (C=O) groups excluding carboxylic acids is 2. The zero-order chi connectivity index (χ0) is 19.5. The Morgan fingerprint density at radius 3 is 2.50 bits per heavy atom. The highest BCUT2D eigenvalue weighted by Gasteiger charge is 2.30. The fourth-order valence-electron chi connectivity index (χ4n) is 1.76. The predicted octanol–water partition coefficient (Wildman–Crippen LogP) is 4.86. The normalized spacial score (nSPS) is 11.2. The third-order valence-corrected chi connectivity index (χ3v) is 4.16. The first kappa shape index (κ1) is 20.3. The topological polar surface area (TPSA) is 68.3 Å². The number of amides is 1. The summed E-state index contributed by atoms with van der Waals surface area (Å²) in [6, 6.07) is 3.99. The quantitative estimate of drug-likeness (QED) is 0.708. The van der Waals surface area contributed by atoms with Crippen molar-refractivity contribution < 1.29 is 27.5 Å². The van der Waals surface area contributed by atoms with Gasteiger partial charge in [-0.05, 0) is 18.2 Å². The molecule has 0 aliphatic heterocycles. The summed E-state index contributed by atoms with van der Waals surface area (Å²) in [7, 11) is 0. The summed E-state index contributed by atoms with van der Waals surface area (Å²) in [4.78, 5) is 27.3. The highest BCUT2D eigenvalue weighted by atomic mass is 35.5. The van der Waals surface area contributed by atoms with Gasteiger partial charge in [-0.2, -0.15) is 13.2 Å². The second kappa shape index (κ2) is 8.11. The van der Waals surface area contributed by atoms with Gasteiger partial charge in [0.05, 0.1) is 20.6 Å². The molecule has 1 N–H and O–H groups in total. The van der Waals surface area contributed by atoms with E-state index in [-0.39, 0.29) is 26.4 Å². The fraction of sp³-hybridized carbons (Fsp3) is 0.133. The molecule has 0 spiro atoms. The van der Waals surface area contributed by atoms with E-state index in [4.69, 9.17) is 39.5 Å². The van der Waals surface area contributed by atoms with Crippen LogP contribution in [0, 0.1) is 0 Å². The van der Waals surface area contributed by atoms with E-state index >= 15 is 0 Å². The first-order chi connectivity index (χ1) is 12.1. The van der Waals surface area contributed by atoms with Crippen molar-refractivity contribution in [2.75, 3.05) is 11.9 Å². The molecule has 0 aliphatic carbocycles. The lowest BCUT2D eigenvalue weighted by molar-refractivity contribution is -0.137. The van der Waals surface area contributed by atoms with Gasteiger partial charge in [0.2, 0.25) is 0 Å². The van der Waals surface area contributed by atoms with E-state index in [1.807, 2.05) is 0 Å². The molecular formula is C15H8Cl3F3N2O3. The van der Waals surface area contributed by atoms with E-state index in [2.05, 4.69) is 10.3 Å². The molecule has 0 bridgehead atoms. The van der Waals surface area contributed by atoms with Crippen LogP contribution in [0.5, 0.6) is 0 Å². The molecule has 2 rings (SSSR count). The summed E-state index contributed by atoms with van der Waals surface area (Å²) in [6.07, 6.45) is -3.47. The maximum Gasteiger partial charge on any atom is 0.416 e. The number of ether oxygens (including phenoxy) is 1. The Morgan fingerprint density at radius 2 is 1.85 bits per heavy atom. The van der Waals surface area contributed by atoms with Crippen molar-refractivity contribution in [3.63, 3.8) is 0 Å². The first-order valence-corrected chi connectivity index (χ1v) is 7.86. The number of halogens is 6. The zero-order valence-corrected chi connectivity index (χ0v) is 14.8. The third-order valence-electron chi connectivity index (χ3n) is 2.92. The van der Waals surface area contributed by atoms with Crippen LogP contribution in [0.3, 0.4) is 0 Å². The van der Waals surface area contributed by atoms with Gasteiger partial charge in [-0.1, -0.05) is 40.9 Å². The van der Waals surface area contributed by atoms with Crippen molar-refractivity contribution in [2.24, 2.45) is 0 Å². The van der Waals surface area contributed by atoms with Crippen molar-refractivity contribution in [3.05, 3.63) is 56.8 Å². The van der Waals surface area contributed by atoms with Crippen molar-refractivity contribution >= 4 is 52.4 Å². The lowest BCUT2D eigenvalue weighted by Crippen LogP contribution is -2.21. The van der Waals surface area contributed by atoms with Gasteiger partial charge in [0.25, 0.3) is 5.91 Å². The molecule has 0 atom stereocenters. The molecule has 1 aromatic carbocycles. The lowest BCUT2D eigenvalue weighted by atomic mass is 10.2. The van der Waals surface area contributed by atoms with Crippen molar-refractivity contribution in [3.8, 4) is 0 Å². The summed E-state index contributed by atoms with van der Waals surface area (Å²) >= 11 is 17.3. The SMILES string of the molecule is O=C(COC(=O)c1ncc(Cl)c(Cl)c1Cl)Nc1cccc(C(F)(F)F)c1. The Kier molecular flexibility index (Phi) is 6.33. The second-order valence-electron chi connectivity index (χ2n) is 4.79. The summed E-state index contributed by atoms with van der Waals surface area (Å²) in [6.45, 7) is -0.771. The van der Waals surface area contributed by atoms with E-state index in [0.717, 1.165) is 24.4 Å². The Hall–Kier alpha value is -2.03. The van der Waals surface area contributed by atoms with Crippen LogP contribution in [-0.4, -0.2) is 23.5 Å². The van der Waals surface area contributed by atoms with Gasteiger partial charge in [0, 0.05) is 11.9 Å². The Bertz CT molecular complexity index is 860. The van der Waals surface area contributed by atoms with Gasteiger partial charge in [-0.15, -0.1) is 0 Å². The van der Waals surface area contributed by atoms with E-state index in [1.54, 1.807) is 0 Å². The number of pyridine rings is 1. The largest absolute Gasteiger partial charge is 0.451 e. The molecule has 1 amide bonds. The third kappa shape index (κ3) is 5.00. The predicted molar refractivity (Wildman–Crippen MR) is 89.6 cm³/mol. The van der Waals surface area contributed by atoms with Gasteiger partial charge in [0.15, 0.2) is 12.3 Å². The van der Waals surface area contributed by atoms with Crippen LogP contribution >= 0.6 is 34.8 Å². The summed E-state index contributed by atoms with van der Waals surface area (Å²) < 4.78 is 42.6. The van der Waals surface area contributed by atoms with Crippen LogP contribution in [-0.2, 0) is 15.7 Å². The molecule has 0 radical (unpaired) electrons. The Balaban J connectivity index is 1.99. The number of benzene rings is 1. The van der Waals surface area contributed by atoms with E-state index in [0.29, 0.717) is 0 Å². The Morgan fingerprint density at radius 1 is 1.15 bits per heavy atom. The average Bonchev–Trinajstić information content (AvgIpc) is 2.57. The average molecular weight is 428 g/mol. The highest BCUT2D eigenvalue weighted by molar-refractivity contribution is 6.48. The number of nitrogens with one attached hydrogen (secondary N) is 1. The van der Waals surface area contributed by atoms with Crippen LogP contribution in [0.25, 0.3) is 0 Å². The van der Waals surface area contributed by atoms with Gasteiger partial charge >= 0.3 is 12.1 Å². The maximum atomic E-state index is 12.6. The smallest absolute Gasteiger partial charge is 0.416 e. The molecule has 2 aromatic rings. The minimum Gasteiger partial charge on any atom is -0.451 e. The number of esters is 1. The second-order valence-corrected chi connectivity index (χ2v) is 5.95. The summed E-state index contributed by atoms with van der Waals surface area (Å²) in [5, 5.41) is 1.85. The number of rotatable bonds is 4. The van der Waals surface area contributed by atoms with Gasteiger partial charge in [-0.3, -0.25) is 4.79 Å². The lowest BCUT2D eigenvalue weighted by Gasteiger charge is -2.10. The number of hydrogen-bond donors (Lipinski definition) is 1. The van der Waals surface area contributed by atoms with E-state index in [9.17, 15) is 22.8 Å². The van der Waals surface area contributed by atoms with Crippen LogP contribution in [0.1, 0.15) is 16.1 Å². The number of carbonyl (C=O) groups is 2. The van der Waals surface area contributed by atoms with Crippen molar-refractivity contribution in [1.29, 1.82) is 0 Å². The van der Waals surface area contributed by atoms with Crippen molar-refractivity contribution in [2.45, 2.75) is 6.18 Å². The molecule has 138 valence electrons. The molecule has 0 saturated carbocycles. The minimum atomic E-state index is -4.55. The van der Waals surface area contributed by atoms with Crippen LogP contribution in [0.4, 0.5) is 18.9 Å². The highest BCUT2D eigenvalue weighted by Crippen LogP contribution is 2.32. The van der Waals surface area contributed by atoms with Gasteiger partial charge < -0.3 is 10.1 Å². The molecular weight excluding hydrogens is 420 g/mol. The van der Waals surface area contributed by atoms with E-state index in [1.165, 1.54) is 6.07 Å². The molecule has 0 fully saturated rings. The van der Waals surface area contributed by atoms with E-state index < -0.39 is 30.2 Å². The molecule has 0 aliphatic rings. The molecule has 1 heterocycles. The monoisotopic (exact) mass is 426 g/mol. The molecule has 0 saturated heterocycles. The molecule has 5 nitrogen and oxygen atoms in total. The maximum absolute atomic E-state index is 12.6. The number of nitrogens with zero attached hydrogens (tertiary/aromatic N) is 1. The minimum absolute atomic E-state index is 0.0236. The molecule has 11 heteroatoms. The van der Waals surface area contributed by atoms with Gasteiger partial charge in [0.1, 0.15) is 0 Å². The number of aromatic nitrogens is 1.